The summed E-state index contributed by atoms with van der Waals surface area (Å²) in [5.41, 5.74) is 5.59. The first-order chi connectivity index (χ1) is 9.85. The van der Waals surface area contributed by atoms with E-state index in [0.717, 1.165) is 5.92 Å². The highest BCUT2D eigenvalue weighted by molar-refractivity contribution is 5.15. The fourth-order valence-electron chi connectivity index (χ4n) is 3.72. The minimum atomic E-state index is 0.123. The highest BCUT2D eigenvalue weighted by atomic mass is 16.5. The van der Waals surface area contributed by atoms with Crippen molar-refractivity contribution in [1.29, 1.82) is 0 Å². The number of hydrogen-bond acceptors (Lipinski definition) is 4. The molecule has 0 spiro atoms. The van der Waals surface area contributed by atoms with Crippen molar-refractivity contribution in [2.75, 3.05) is 0 Å². The van der Waals surface area contributed by atoms with Gasteiger partial charge < -0.3 is 14.8 Å². The molecule has 2 heterocycles. The number of allylic oxidation sites excluding steroid dienone is 2. The molecule has 0 radical (unpaired) electrons. The van der Waals surface area contributed by atoms with Crippen molar-refractivity contribution in [2.45, 2.75) is 25.4 Å². The van der Waals surface area contributed by atoms with E-state index in [-0.39, 0.29) is 6.04 Å². The van der Waals surface area contributed by atoms with Gasteiger partial charge in [0.2, 0.25) is 5.89 Å². The number of nitrogens with two attached hydrogens (primary N) is 1. The van der Waals surface area contributed by atoms with Gasteiger partial charge in [0.1, 0.15) is 6.04 Å². The van der Waals surface area contributed by atoms with E-state index in [0.29, 0.717) is 30.1 Å². The number of fused-ring (bicyclic) bond motifs is 2. The molecule has 104 valence electrons. The van der Waals surface area contributed by atoms with E-state index in [1.54, 1.807) is 0 Å². The van der Waals surface area contributed by atoms with Gasteiger partial charge in [0.25, 0.3) is 0 Å². The average molecular weight is 270 g/mol. The third kappa shape index (κ3) is 1.81. The lowest BCUT2D eigenvalue weighted by Gasteiger charge is -2.27. The molecule has 2 bridgehead atoms. The largest absolute Gasteiger partial charge is 0.342 e. The van der Waals surface area contributed by atoms with Gasteiger partial charge in [0, 0.05) is 12.4 Å². The zero-order chi connectivity index (χ0) is 13.5. The summed E-state index contributed by atoms with van der Waals surface area (Å²) in [5, 5.41) is 3.96. The number of aromatic nitrogens is 3. The quantitative estimate of drug-likeness (QED) is 0.864. The van der Waals surface area contributed by atoms with Crippen LogP contribution in [-0.4, -0.2) is 14.7 Å². The van der Waals surface area contributed by atoms with Gasteiger partial charge in [-0.3, -0.25) is 0 Å². The first-order valence-electron chi connectivity index (χ1n) is 7.18. The molecule has 2 aliphatic carbocycles. The number of rotatable bonds is 4. The maximum absolute atomic E-state index is 5.59. The molecule has 0 saturated heterocycles. The molecular formula is C15H18N4O. The molecule has 4 rings (SSSR count). The lowest BCUT2D eigenvalue weighted by atomic mass is 9.86. The summed E-state index contributed by atoms with van der Waals surface area (Å²) in [6.45, 7) is 0.318. The van der Waals surface area contributed by atoms with Gasteiger partial charge in [0.15, 0.2) is 5.82 Å². The summed E-state index contributed by atoms with van der Waals surface area (Å²) < 4.78 is 7.66. The van der Waals surface area contributed by atoms with E-state index < -0.39 is 0 Å². The van der Waals surface area contributed by atoms with Crippen molar-refractivity contribution in [3.05, 3.63) is 48.4 Å². The average Bonchev–Trinajstić information content (AvgIpc) is 3.25. The molecule has 5 heteroatoms. The zero-order valence-corrected chi connectivity index (χ0v) is 11.2. The Bertz CT molecular complexity index is 616. The van der Waals surface area contributed by atoms with Crippen molar-refractivity contribution < 1.29 is 4.52 Å². The second-order valence-electron chi connectivity index (χ2n) is 5.77. The minimum Gasteiger partial charge on any atom is -0.342 e. The Labute approximate surface area is 117 Å². The molecule has 2 aromatic rings. The standard InChI is InChI=1S/C15H18N4O/c16-9-13-17-15(20-18-13)14(19-5-1-2-6-19)12-8-10-3-4-11(12)7-10/h1-6,10-12,14H,7-9,16H2/t10-,11-,12+,14+/m0/s1. The van der Waals surface area contributed by atoms with Crippen LogP contribution in [0.2, 0.25) is 0 Å². The summed E-state index contributed by atoms with van der Waals surface area (Å²) in [5.74, 6) is 3.15. The Kier molecular flexibility index (Phi) is 2.73. The molecule has 2 N–H and O–H groups in total. The van der Waals surface area contributed by atoms with Gasteiger partial charge in [-0.2, -0.15) is 4.98 Å². The van der Waals surface area contributed by atoms with Gasteiger partial charge >= 0.3 is 0 Å². The van der Waals surface area contributed by atoms with E-state index in [2.05, 4.69) is 39.3 Å². The molecule has 2 aliphatic rings. The molecule has 1 saturated carbocycles. The highest BCUT2D eigenvalue weighted by Gasteiger charge is 2.43. The Hall–Kier alpha value is -1.88. The minimum absolute atomic E-state index is 0.123. The fraction of sp³-hybridized carbons (Fsp3) is 0.467. The second-order valence-corrected chi connectivity index (χ2v) is 5.77. The van der Waals surface area contributed by atoms with Crippen LogP contribution < -0.4 is 5.73 Å². The van der Waals surface area contributed by atoms with E-state index in [1.807, 2.05) is 12.1 Å². The van der Waals surface area contributed by atoms with Crippen LogP contribution >= 0.6 is 0 Å². The van der Waals surface area contributed by atoms with Gasteiger partial charge in [0.05, 0.1) is 6.54 Å². The molecule has 0 unspecified atom stereocenters. The molecule has 1 fully saturated rings. The monoisotopic (exact) mass is 270 g/mol. The zero-order valence-electron chi connectivity index (χ0n) is 11.2. The van der Waals surface area contributed by atoms with Gasteiger partial charge in [-0.25, -0.2) is 0 Å². The van der Waals surface area contributed by atoms with Crippen molar-refractivity contribution in [3.63, 3.8) is 0 Å². The molecule has 0 aromatic carbocycles. The van der Waals surface area contributed by atoms with Crippen molar-refractivity contribution in [3.8, 4) is 0 Å². The Morgan fingerprint density at radius 3 is 2.75 bits per heavy atom. The van der Waals surface area contributed by atoms with Crippen molar-refractivity contribution >= 4 is 0 Å². The normalized spacial score (nSPS) is 29.1. The van der Waals surface area contributed by atoms with Crippen LogP contribution in [0.4, 0.5) is 0 Å². The highest BCUT2D eigenvalue weighted by Crippen LogP contribution is 2.49. The van der Waals surface area contributed by atoms with Crippen LogP contribution in [-0.2, 0) is 6.54 Å². The third-order valence-corrected chi connectivity index (χ3v) is 4.60. The first-order valence-corrected chi connectivity index (χ1v) is 7.18. The Morgan fingerprint density at radius 1 is 1.30 bits per heavy atom. The van der Waals surface area contributed by atoms with Crippen LogP contribution in [0.1, 0.15) is 30.6 Å². The van der Waals surface area contributed by atoms with Crippen molar-refractivity contribution in [2.24, 2.45) is 23.5 Å². The van der Waals surface area contributed by atoms with E-state index >= 15 is 0 Å². The number of hydrogen-bond donors (Lipinski definition) is 1. The van der Waals surface area contributed by atoms with Gasteiger partial charge in [-0.15, -0.1) is 0 Å². The SMILES string of the molecule is NCc1noc([C@@H]([C@@H]2C[C@H]3C=C[C@H]2C3)n2cccc2)n1. The fourth-order valence-corrected chi connectivity index (χ4v) is 3.72. The smallest absolute Gasteiger partial charge is 0.250 e. The van der Waals surface area contributed by atoms with Crippen LogP contribution in [0, 0.1) is 17.8 Å². The lowest BCUT2D eigenvalue weighted by Crippen LogP contribution is -2.23. The Morgan fingerprint density at radius 2 is 2.15 bits per heavy atom. The molecule has 2 aromatic heterocycles. The van der Waals surface area contributed by atoms with Crippen molar-refractivity contribution in [1.82, 2.24) is 14.7 Å². The Balaban J connectivity index is 1.72. The summed E-state index contributed by atoms with van der Waals surface area (Å²) in [6.07, 6.45) is 11.3. The van der Waals surface area contributed by atoms with Crippen LogP contribution in [0.3, 0.4) is 0 Å². The molecule has 4 atom stereocenters. The topological polar surface area (TPSA) is 69.9 Å². The third-order valence-electron chi connectivity index (χ3n) is 4.60. The van der Waals surface area contributed by atoms with Crippen LogP contribution in [0.15, 0.2) is 41.2 Å². The maximum Gasteiger partial charge on any atom is 0.250 e. The van der Waals surface area contributed by atoms with E-state index in [4.69, 9.17) is 10.3 Å². The van der Waals surface area contributed by atoms with E-state index in [9.17, 15) is 0 Å². The van der Waals surface area contributed by atoms with Gasteiger partial charge in [-0.1, -0.05) is 17.3 Å². The summed E-state index contributed by atoms with van der Waals surface area (Å²) in [7, 11) is 0. The summed E-state index contributed by atoms with van der Waals surface area (Å²) in [6, 6.07) is 4.20. The van der Waals surface area contributed by atoms with Crippen LogP contribution in [0.5, 0.6) is 0 Å². The molecule has 20 heavy (non-hydrogen) atoms. The maximum atomic E-state index is 5.59. The number of nitrogens with zero attached hydrogens (tertiary/aromatic N) is 3. The van der Waals surface area contributed by atoms with E-state index in [1.165, 1.54) is 12.8 Å². The molecule has 0 amide bonds. The molecule has 5 nitrogen and oxygen atoms in total. The summed E-state index contributed by atoms with van der Waals surface area (Å²) >= 11 is 0. The lowest BCUT2D eigenvalue weighted by molar-refractivity contribution is 0.252. The summed E-state index contributed by atoms with van der Waals surface area (Å²) in [4.78, 5) is 4.47. The van der Waals surface area contributed by atoms with Crippen LogP contribution in [0.25, 0.3) is 0 Å². The molecular weight excluding hydrogens is 252 g/mol. The predicted octanol–water partition coefficient (Wildman–Crippen LogP) is 2.13. The first kappa shape index (κ1) is 11.9. The molecule has 0 aliphatic heterocycles. The predicted molar refractivity (Wildman–Crippen MR) is 73.6 cm³/mol. The second kappa shape index (κ2) is 4.59. The van der Waals surface area contributed by atoms with Gasteiger partial charge in [-0.05, 0) is 42.7 Å².